The molecule has 0 aromatic carbocycles. The van der Waals surface area contributed by atoms with Gasteiger partial charge in [0.15, 0.2) is 0 Å². The third kappa shape index (κ3) is 3.74. The minimum Gasteiger partial charge on any atom is -0.338 e. The van der Waals surface area contributed by atoms with Gasteiger partial charge in [0.1, 0.15) is 11.6 Å². The molecule has 1 saturated heterocycles. The van der Waals surface area contributed by atoms with E-state index in [4.69, 9.17) is 4.98 Å². The Morgan fingerprint density at radius 1 is 1.41 bits per heavy atom. The number of amides is 1. The number of aryl methyl sites for hydroxylation is 1. The third-order valence-electron chi connectivity index (χ3n) is 5.70. The minimum absolute atomic E-state index is 0.0733. The molecule has 1 N–H and O–H groups in total. The van der Waals surface area contributed by atoms with Gasteiger partial charge in [0.05, 0.1) is 11.6 Å². The molecule has 0 bridgehead atoms. The number of aromatic nitrogens is 4. The van der Waals surface area contributed by atoms with Crippen LogP contribution in [-0.4, -0.2) is 50.0 Å². The highest BCUT2D eigenvalue weighted by Gasteiger charge is 2.27. The molecule has 2 aliphatic heterocycles. The smallest absolute Gasteiger partial charge is 0.227 e. The van der Waals surface area contributed by atoms with Crippen LogP contribution < -0.4 is 5.32 Å². The first-order valence-electron chi connectivity index (χ1n) is 10.00. The first-order valence-corrected chi connectivity index (χ1v) is 10.00. The number of carbonyl (C=O) groups excluding carboxylic acids is 1. The van der Waals surface area contributed by atoms with Crippen LogP contribution in [0.5, 0.6) is 0 Å². The summed E-state index contributed by atoms with van der Waals surface area (Å²) in [5, 5.41) is 3.37. The lowest BCUT2D eigenvalue weighted by atomic mass is 10.0. The quantitative estimate of drug-likeness (QED) is 0.866. The topological polar surface area (TPSA) is 75.9 Å². The van der Waals surface area contributed by atoms with Crippen molar-refractivity contribution in [2.45, 2.75) is 52.1 Å². The number of rotatable bonds is 5. The third-order valence-corrected chi connectivity index (χ3v) is 5.70. The van der Waals surface area contributed by atoms with Gasteiger partial charge in [0.2, 0.25) is 5.91 Å². The summed E-state index contributed by atoms with van der Waals surface area (Å²) in [4.78, 5) is 28.7. The fourth-order valence-corrected chi connectivity index (χ4v) is 4.10. The molecule has 1 amide bonds. The molecule has 7 heteroatoms. The number of fused-ring (bicyclic) bond motifs is 1. The van der Waals surface area contributed by atoms with E-state index in [-0.39, 0.29) is 11.8 Å². The zero-order valence-electron chi connectivity index (χ0n) is 16.2. The van der Waals surface area contributed by atoms with E-state index in [1.807, 2.05) is 30.4 Å². The number of carbonyl (C=O) groups is 1. The summed E-state index contributed by atoms with van der Waals surface area (Å²) < 4.78 is 2.09. The summed E-state index contributed by atoms with van der Waals surface area (Å²) in [6.45, 7) is 8.13. The van der Waals surface area contributed by atoms with Crippen LogP contribution in [-0.2, 0) is 30.7 Å². The van der Waals surface area contributed by atoms with Crippen LogP contribution in [0.4, 0.5) is 0 Å². The van der Waals surface area contributed by atoms with E-state index in [1.54, 1.807) is 0 Å². The summed E-state index contributed by atoms with van der Waals surface area (Å²) in [6.07, 6.45) is 8.50. The molecule has 4 heterocycles. The van der Waals surface area contributed by atoms with Crippen LogP contribution in [0.25, 0.3) is 0 Å². The summed E-state index contributed by atoms with van der Waals surface area (Å²) in [5.41, 5.74) is 2.21. The highest BCUT2D eigenvalue weighted by molar-refractivity contribution is 5.78. The summed E-state index contributed by atoms with van der Waals surface area (Å²) in [5.74, 6) is 2.54. The van der Waals surface area contributed by atoms with E-state index in [9.17, 15) is 4.79 Å². The molecule has 27 heavy (non-hydrogen) atoms. The first kappa shape index (κ1) is 18.1. The molecule has 0 unspecified atom stereocenters. The van der Waals surface area contributed by atoms with E-state index in [0.717, 1.165) is 61.8 Å². The first-order chi connectivity index (χ1) is 13.2. The second kappa shape index (κ2) is 7.76. The maximum absolute atomic E-state index is 13.0. The molecule has 144 valence electrons. The van der Waals surface area contributed by atoms with Crippen LogP contribution in [0.1, 0.15) is 49.1 Å². The van der Waals surface area contributed by atoms with Gasteiger partial charge in [-0.2, -0.15) is 0 Å². The molecule has 7 nitrogen and oxygen atoms in total. The minimum atomic E-state index is -0.0733. The van der Waals surface area contributed by atoms with Crippen molar-refractivity contribution in [1.29, 1.82) is 0 Å². The lowest BCUT2D eigenvalue weighted by Gasteiger charge is -2.30. The SMILES string of the molecule is CCc1nccn1C[C@H](C)C(=O)N1CCc2nc([C@@H]3CCNC3)ncc2C1. The molecule has 0 aliphatic carbocycles. The normalized spacial score (nSPS) is 20.5. The Morgan fingerprint density at radius 2 is 2.30 bits per heavy atom. The number of nitrogens with one attached hydrogen (secondary N) is 1. The Balaban J connectivity index is 1.41. The van der Waals surface area contributed by atoms with Crippen molar-refractivity contribution in [1.82, 2.24) is 29.7 Å². The van der Waals surface area contributed by atoms with Gasteiger partial charge in [-0.3, -0.25) is 4.79 Å². The Hall–Kier alpha value is -2.28. The Labute approximate surface area is 160 Å². The highest BCUT2D eigenvalue weighted by Crippen LogP contribution is 2.23. The monoisotopic (exact) mass is 368 g/mol. The molecule has 0 radical (unpaired) electrons. The van der Waals surface area contributed by atoms with Gasteiger partial charge in [-0.05, 0) is 13.0 Å². The maximum Gasteiger partial charge on any atom is 0.227 e. The maximum atomic E-state index is 13.0. The average Bonchev–Trinajstić information content (AvgIpc) is 3.38. The van der Waals surface area contributed by atoms with Crippen molar-refractivity contribution >= 4 is 5.91 Å². The Bertz CT molecular complexity index is 811. The zero-order valence-corrected chi connectivity index (χ0v) is 16.2. The molecule has 0 spiro atoms. The van der Waals surface area contributed by atoms with Crippen molar-refractivity contribution < 1.29 is 4.79 Å². The summed E-state index contributed by atoms with van der Waals surface area (Å²) in [6, 6.07) is 0. The summed E-state index contributed by atoms with van der Waals surface area (Å²) >= 11 is 0. The lowest BCUT2D eigenvalue weighted by molar-refractivity contribution is -0.136. The van der Waals surface area contributed by atoms with Gasteiger partial charge in [-0.25, -0.2) is 15.0 Å². The molecule has 2 aromatic rings. The second-order valence-corrected chi connectivity index (χ2v) is 7.65. The van der Waals surface area contributed by atoms with Crippen LogP contribution in [0, 0.1) is 5.92 Å². The van der Waals surface area contributed by atoms with Gasteiger partial charge in [0, 0.05) is 69.1 Å². The van der Waals surface area contributed by atoms with Crippen LogP contribution in [0.15, 0.2) is 18.6 Å². The van der Waals surface area contributed by atoms with Crippen molar-refractivity contribution in [2.75, 3.05) is 19.6 Å². The van der Waals surface area contributed by atoms with Gasteiger partial charge >= 0.3 is 0 Å². The van der Waals surface area contributed by atoms with Crippen molar-refractivity contribution in [3.05, 3.63) is 41.5 Å². The average molecular weight is 368 g/mol. The number of hydrogen-bond acceptors (Lipinski definition) is 5. The van der Waals surface area contributed by atoms with Crippen LogP contribution in [0.2, 0.25) is 0 Å². The van der Waals surface area contributed by atoms with Crippen molar-refractivity contribution in [2.24, 2.45) is 5.92 Å². The summed E-state index contributed by atoms with van der Waals surface area (Å²) in [7, 11) is 0. The van der Waals surface area contributed by atoms with E-state index in [1.165, 1.54) is 0 Å². The van der Waals surface area contributed by atoms with E-state index >= 15 is 0 Å². The largest absolute Gasteiger partial charge is 0.338 e. The highest BCUT2D eigenvalue weighted by atomic mass is 16.2. The predicted molar refractivity (Wildman–Crippen MR) is 102 cm³/mol. The fourth-order valence-electron chi connectivity index (χ4n) is 4.10. The molecule has 2 atom stereocenters. The molecular weight excluding hydrogens is 340 g/mol. The number of imidazole rings is 1. The van der Waals surface area contributed by atoms with Gasteiger partial charge in [-0.1, -0.05) is 13.8 Å². The molecule has 2 aliphatic rings. The van der Waals surface area contributed by atoms with Gasteiger partial charge in [-0.15, -0.1) is 0 Å². The molecule has 2 aromatic heterocycles. The second-order valence-electron chi connectivity index (χ2n) is 7.65. The molecular formula is C20H28N6O. The number of hydrogen-bond donors (Lipinski definition) is 1. The number of nitrogens with zero attached hydrogens (tertiary/aromatic N) is 5. The zero-order chi connectivity index (χ0) is 18.8. The standard InChI is InChI=1S/C20H28N6O/c1-3-18-22-7-9-25(18)12-14(2)20(27)26-8-5-17-16(13-26)11-23-19(24-17)15-4-6-21-10-15/h7,9,11,14-15,21H,3-6,8,10,12-13H2,1-2H3/t14-,15+/m0/s1. The van der Waals surface area contributed by atoms with Crippen molar-refractivity contribution in [3.8, 4) is 0 Å². The molecule has 4 rings (SSSR count). The predicted octanol–water partition coefficient (Wildman–Crippen LogP) is 1.53. The van der Waals surface area contributed by atoms with Gasteiger partial charge in [0.25, 0.3) is 0 Å². The van der Waals surface area contributed by atoms with Crippen LogP contribution >= 0.6 is 0 Å². The Morgan fingerprint density at radius 3 is 3.07 bits per heavy atom. The lowest BCUT2D eigenvalue weighted by Crippen LogP contribution is -2.40. The van der Waals surface area contributed by atoms with Crippen molar-refractivity contribution in [3.63, 3.8) is 0 Å². The molecule has 0 saturated carbocycles. The van der Waals surface area contributed by atoms with Gasteiger partial charge < -0.3 is 14.8 Å². The Kier molecular flexibility index (Phi) is 5.20. The molecule has 1 fully saturated rings. The van der Waals surface area contributed by atoms with E-state index < -0.39 is 0 Å². The van der Waals surface area contributed by atoms with Crippen LogP contribution in [0.3, 0.4) is 0 Å². The van der Waals surface area contributed by atoms with E-state index in [0.29, 0.717) is 19.0 Å². The fraction of sp³-hybridized carbons (Fsp3) is 0.600. The van der Waals surface area contributed by atoms with E-state index in [2.05, 4.69) is 26.8 Å².